The molecule has 1 aliphatic heterocycles. The molecule has 0 N–H and O–H groups in total. The van der Waals surface area contributed by atoms with Crippen molar-refractivity contribution in [3.8, 4) is 17.0 Å². The van der Waals surface area contributed by atoms with Crippen molar-refractivity contribution in [3.05, 3.63) is 52.2 Å². The van der Waals surface area contributed by atoms with Crippen molar-refractivity contribution in [3.63, 3.8) is 0 Å². The van der Waals surface area contributed by atoms with Crippen molar-refractivity contribution in [2.24, 2.45) is 0 Å². The molecule has 3 heterocycles. The summed E-state index contributed by atoms with van der Waals surface area (Å²) in [6.07, 6.45) is 3.35. The SMILES string of the molecule is C=CC1=c2c(cc(Br)nc2=C)-c2cccnc2O1. The van der Waals surface area contributed by atoms with Crippen LogP contribution < -0.4 is 15.3 Å². The monoisotopic (exact) mass is 300 g/mol. The molecule has 0 fully saturated rings. The Labute approximate surface area is 112 Å². The van der Waals surface area contributed by atoms with Crippen LogP contribution in [0.25, 0.3) is 23.5 Å². The lowest BCUT2D eigenvalue weighted by molar-refractivity contribution is 0.491. The van der Waals surface area contributed by atoms with Crippen molar-refractivity contribution in [1.29, 1.82) is 0 Å². The topological polar surface area (TPSA) is 35.0 Å². The maximum absolute atomic E-state index is 5.72. The zero-order valence-corrected chi connectivity index (χ0v) is 11.1. The molecule has 4 heteroatoms. The van der Waals surface area contributed by atoms with Crippen LogP contribution in [-0.4, -0.2) is 9.97 Å². The van der Waals surface area contributed by atoms with Gasteiger partial charge in [-0.05, 0) is 40.2 Å². The second-order valence-electron chi connectivity index (χ2n) is 3.84. The van der Waals surface area contributed by atoms with E-state index in [1.54, 1.807) is 12.3 Å². The van der Waals surface area contributed by atoms with Crippen LogP contribution in [0.1, 0.15) is 0 Å². The average Bonchev–Trinajstić information content (AvgIpc) is 2.37. The van der Waals surface area contributed by atoms with Crippen LogP contribution in [0.3, 0.4) is 0 Å². The number of pyridine rings is 2. The predicted molar refractivity (Wildman–Crippen MR) is 74.2 cm³/mol. The maximum atomic E-state index is 5.72. The number of ether oxygens (including phenoxy) is 1. The van der Waals surface area contributed by atoms with Gasteiger partial charge in [-0.3, -0.25) is 0 Å². The van der Waals surface area contributed by atoms with Crippen molar-refractivity contribution >= 4 is 28.3 Å². The van der Waals surface area contributed by atoms with Crippen LogP contribution in [-0.2, 0) is 0 Å². The van der Waals surface area contributed by atoms with E-state index in [9.17, 15) is 0 Å². The van der Waals surface area contributed by atoms with Gasteiger partial charge in [0, 0.05) is 17.3 Å². The second kappa shape index (κ2) is 4.07. The van der Waals surface area contributed by atoms with Gasteiger partial charge in [-0.1, -0.05) is 13.2 Å². The number of hydrogen-bond donors (Lipinski definition) is 0. The highest BCUT2D eigenvalue weighted by atomic mass is 79.9. The van der Waals surface area contributed by atoms with Gasteiger partial charge in [0.05, 0.1) is 10.6 Å². The summed E-state index contributed by atoms with van der Waals surface area (Å²) in [4.78, 5) is 8.52. The third-order valence-electron chi connectivity index (χ3n) is 2.76. The third kappa shape index (κ3) is 1.57. The molecule has 88 valence electrons. The Morgan fingerprint density at radius 2 is 2.17 bits per heavy atom. The summed E-state index contributed by atoms with van der Waals surface area (Å²) in [7, 11) is 0. The van der Waals surface area contributed by atoms with Gasteiger partial charge in [0.2, 0.25) is 5.88 Å². The van der Waals surface area contributed by atoms with Crippen LogP contribution in [0.15, 0.2) is 41.7 Å². The highest BCUT2D eigenvalue weighted by Crippen LogP contribution is 2.30. The molecule has 18 heavy (non-hydrogen) atoms. The molecule has 0 amide bonds. The summed E-state index contributed by atoms with van der Waals surface area (Å²) < 4.78 is 6.46. The van der Waals surface area contributed by atoms with E-state index in [1.165, 1.54) is 0 Å². The van der Waals surface area contributed by atoms with E-state index >= 15 is 0 Å². The zero-order valence-electron chi connectivity index (χ0n) is 9.48. The van der Waals surface area contributed by atoms with Gasteiger partial charge in [-0.25, -0.2) is 9.97 Å². The molecule has 1 aliphatic rings. The fourth-order valence-electron chi connectivity index (χ4n) is 2.03. The zero-order chi connectivity index (χ0) is 12.7. The van der Waals surface area contributed by atoms with Gasteiger partial charge >= 0.3 is 0 Å². The highest BCUT2D eigenvalue weighted by Gasteiger charge is 2.18. The number of aromatic nitrogens is 2. The first-order valence-electron chi connectivity index (χ1n) is 5.36. The van der Waals surface area contributed by atoms with E-state index in [-0.39, 0.29) is 0 Å². The van der Waals surface area contributed by atoms with Gasteiger partial charge in [-0.2, -0.15) is 0 Å². The lowest BCUT2D eigenvalue weighted by Crippen LogP contribution is -2.34. The van der Waals surface area contributed by atoms with Gasteiger partial charge in [0.15, 0.2) is 0 Å². The van der Waals surface area contributed by atoms with E-state index in [0.29, 0.717) is 17.0 Å². The van der Waals surface area contributed by atoms with Gasteiger partial charge < -0.3 is 4.74 Å². The molecular formula is C14H9BrN2O. The molecule has 0 radical (unpaired) electrons. The number of rotatable bonds is 1. The predicted octanol–water partition coefficient (Wildman–Crippen LogP) is 2.00. The molecule has 0 bridgehead atoms. The molecule has 2 aromatic rings. The van der Waals surface area contributed by atoms with Crippen LogP contribution >= 0.6 is 15.9 Å². The summed E-state index contributed by atoms with van der Waals surface area (Å²) in [5.74, 6) is 1.22. The fraction of sp³-hybridized carbons (Fsp3) is 0. The van der Waals surface area contributed by atoms with Gasteiger partial charge in [-0.15, -0.1) is 0 Å². The number of halogens is 1. The summed E-state index contributed by atoms with van der Waals surface area (Å²) in [5.41, 5.74) is 1.94. The van der Waals surface area contributed by atoms with E-state index in [2.05, 4.69) is 39.1 Å². The normalized spacial score (nSPS) is 12.4. The van der Waals surface area contributed by atoms with E-state index in [4.69, 9.17) is 4.74 Å². The van der Waals surface area contributed by atoms with Gasteiger partial charge in [0.1, 0.15) is 10.4 Å². The Morgan fingerprint density at radius 3 is 2.94 bits per heavy atom. The lowest BCUT2D eigenvalue weighted by atomic mass is 10.0. The van der Waals surface area contributed by atoms with E-state index < -0.39 is 0 Å². The smallest absolute Gasteiger partial charge is 0.227 e. The molecule has 0 unspecified atom stereocenters. The minimum absolute atomic E-state index is 0.581. The molecule has 0 atom stereocenters. The molecule has 3 rings (SSSR count). The minimum atomic E-state index is 0.581. The van der Waals surface area contributed by atoms with Gasteiger partial charge in [0.25, 0.3) is 0 Å². The number of fused-ring (bicyclic) bond motifs is 3. The average molecular weight is 301 g/mol. The first-order valence-corrected chi connectivity index (χ1v) is 6.15. The van der Waals surface area contributed by atoms with Crippen molar-refractivity contribution < 1.29 is 4.74 Å². The molecule has 3 nitrogen and oxygen atoms in total. The summed E-state index contributed by atoms with van der Waals surface area (Å²) >= 11 is 3.39. The molecule has 2 aromatic heterocycles. The molecule has 0 saturated heterocycles. The fourth-order valence-corrected chi connectivity index (χ4v) is 2.47. The first-order chi connectivity index (χ1) is 8.70. The Bertz CT molecular complexity index is 768. The standard InChI is InChI=1S/C14H9BrN2O/c1-3-11-13-8(2)17-12(15)7-10(13)9-5-4-6-16-14(9)18-11/h3-7H,1-2H2. The van der Waals surface area contributed by atoms with Crippen LogP contribution in [0.5, 0.6) is 5.88 Å². The van der Waals surface area contributed by atoms with E-state index in [0.717, 1.165) is 20.9 Å². The molecule has 0 saturated carbocycles. The van der Waals surface area contributed by atoms with Crippen LogP contribution in [0.2, 0.25) is 0 Å². The van der Waals surface area contributed by atoms with Crippen LogP contribution in [0, 0.1) is 0 Å². The Hall–Kier alpha value is -1.94. The summed E-state index contributed by atoms with van der Waals surface area (Å²) in [6.45, 7) is 7.72. The van der Waals surface area contributed by atoms with Crippen molar-refractivity contribution in [2.75, 3.05) is 0 Å². The number of nitrogens with zero attached hydrogens (tertiary/aromatic N) is 2. The highest BCUT2D eigenvalue weighted by molar-refractivity contribution is 9.10. The Balaban J connectivity index is 2.52. The number of hydrogen-bond acceptors (Lipinski definition) is 3. The summed E-state index contributed by atoms with van der Waals surface area (Å²) in [6, 6.07) is 5.78. The molecular weight excluding hydrogens is 292 g/mol. The Morgan fingerprint density at radius 1 is 1.33 bits per heavy atom. The van der Waals surface area contributed by atoms with E-state index in [1.807, 2.05) is 18.2 Å². The Kier molecular flexibility index (Phi) is 2.52. The quantitative estimate of drug-likeness (QED) is 0.756. The maximum Gasteiger partial charge on any atom is 0.227 e. The minimum Gasteiger partial charge on any atom is -0.438 e. The molecule has 0 aromatic carbocycles. The van der Waals surface area contributed by atoms with Crippen molar-refractivity contribution in [2.45, 2.75) is 0 Å². The first kappa shape index (κ1) is 11.2. The molecule has 0 spiro atoms. The summed E-state index contributed by atoms with van der Waals surface area (Å²) in [5, 5.41) is 1.53. The second-order valence-corrected chi connectivity index (χ2v) is 4.65. The third-order valence-corrected chi connectivity index (χ3v) is 3.17. The molecule has 0 aliphatic carbocycles. The lowest BCUT2D eigenvalue weighted by Gasteiger charge is -2.17. The van der Waals surface area contributed by atoms with Crippen LogP contribution in [0.4, 0.5) is 0 Å². The van der Waals surface area contributed by atoms with Crippen molar-refractivity contribution in [1.82, 2.24) is 9.97 Å². The largest absolute Gasteiger partial charge is 0.438 e.